The average Bonchev–Trinajstić information content (AvgIpc) is 2.38. The van der Waals surface area contributed by atoms with E-state index in [0.717, 1.165) is 18.7 Å². The van der Waals surface area contributed by atoms with Crippen molar-refractivity contribution in [3.8, 4) is 5.75 Å². The highest BCUT2D eigenvalue weighted by atomic mass is 16.5. The van der Waals surface area contributed by atoms with Crippen molar-refractivity contribution in [2.24, 2.45) is 0 Å². The Kier molecular flexibility index (Phi) is 6.76. The van der Waals surface area contributed by atoms with Gasteiger partial charge in [0.15, 0.2) is 0 Å². The normalized spacial score (nSPS) is 12.7. The lowest BCUT2D eigenvalue weighted by atomic mass is 10.0. The Morgan fingerprint density at radius 3 is 2.61 bits per heavy atom. The number of rotatable bonds is 8. The van der Waals surface area contributed by atoms with Crippen molar-refractivity contribution >= 4 is 0 Å². The maximum atomic E-state index is 9.18. The second-order valence-corrected chi connectivity index (χ2v) is 4.77. The first-order chi connectivity index (χ1) is 8.69. The van der Waals surface area contributed by atoms with E-state index in [1.807, 2.05) is 25.1 Å². The Balaban J connectivity index is 2.48. The number of ether oxygens (including phenoxy) is 1. The molecule has 1 unspecified atom stereocenters. The maximum absolute atomic E-state index is 9.18. The lowest BCUT2D eigenvalue weighted by molar-refractivity contribution is 0.209. The number of aliphatic hydroxyl groups is 1. The molecule has 1 atom stereocenters. The Bertz CT molecular complexity index is 339. The third-order valence-corrected chi connectivity index (χ3v) is 2.98. The van der Waals surface area contributed by atoms with Crippen molar-refractivity contribution in [1.29, 1.82) is 0 Å². The number of para-hydroxylation sites is 1. The fraction of sp³-hybridized carbons (Fsp3) is 0.600. The number of hydrogen-bond acceptors (Lipinski definition) is 3. The monoisotopic (exact) mass is 251 g/mol. The fourth-order valence-corrected chi connectivity index (χ4v) is 1.95. The SMILES string of the molecule is CCNC(CO)CCOc1ccccc1C(C)C. The molecule has 0 saturated heterocycles. The van der Waals surface area contributed by atoms with Crippen molar-refractivity contribution in [3.05, 3.63) is 29.8 Å². The van der Waals surface area contributed by atoms with Gasteiger partial charge in [-0.05, 0) is 30.5 Å². The van der Waals surface area contributed by atoms with Crippen LogP contribution in [-0.2, 0) is 0 Å². The van der Waals surface area contributed by atoms with E-state index in [1.165, 1.54) is 5.56 Å². The van der Waals surface area contributed by atoms with Gasteiger partial charge in [-0.3, -0.25) is 0 Å². The van der Waals surface area contributed by atoms with E-state index in [2.05, 4.69) is 25.2 Å². The summed E-state index contributed by atoms with van der Waals surface area (Å²) in [5, 5.41) is 12.4. The van der Waals surface area contributed by atoms with Gasteiger partial charge in [0.1, 0.15) is 5.75 Å². The molecule has 0 aliphatic rings. The molecule has 0 spiro atoms. The molecule has 0 radical (unpaired) electrons. The van der Waals surface area contributed by atoms with Crippen molar-refractivity contribution in [2.45, 2.75) is 39.2 Å². The molecule has 0 fully saturated rings. The Morgan fingerprint density at radius 1 is 1.28 bits per heavy atom. The summed E-state index contributed by atoms with van der Waals surface area (Å²) >= 11 is 0. The van der Waals surface area contributed by atoms with Crippen LogP contribution in [0.1, 0.15) is 38.7 Å². The van der Waals surface area contributed by atoms with Crippen molar-refractivity contribution < 1.29 is 9.84 Å². The number of benzene rings is 1. The molecule has 0 aliphatic heterocycles. The van der Waals surface area contributed by atoms with Gasteiger partial charge < -0.3 is 15.2 Å². The molecule has 0 bridgehead atoms. The van der Waals surface area contributed by atoms with Crippen LogP contribution in [0.15, 0.2) is 24.3 Å². The highest BCUT2D eigenvalue weighted by Crippen LogP contribution is 2.25. The van der Waals surface area contributed by atoms with Crippen LogP contribution in [-0.4, -0.2) is 30.9 Å². The summed E-state index contributed by atoms with van der Waals surface area (Å²) in [6, 6.07) is 8.28. The molecule has 3 heteroatoms. The molecule has 0 amide bonds. The summed E-state index contributed by atoms with van der Waals surface area (Å²) in [5.41, 5.74) is 1.24. The second-order valence-electron chi connectivity index (χ2n) is 4.77. The summed E-state index contributed by atoms with van der Waals surface area (Å²) in [6.07, 6.45) is 0.816. The third kappa shape index (κ3) is 4.67. The fourth-order valence-electron chi connectivity index (χ4n) is 1.95. The van der Waals surface area contributed by atoms with Crippen molar-refractivity contribution in [3.63, 3.8) is 0 Å². The predicted octanol–water partition coefficient (Wildman–Crippen LogP) is 2.55. The molecule has 1 rings (SSSR count). The summed E-state index contributed by atoms with van der Waals surface area (Å²) < 4.78 is 5.83. The molecule has 0 aromatic heterocycles. The van der Waals surface area contributed by atoms with Gasteiger partial charge in [-0.2, -0.15) is 0 Å². The Morgan fingerprint density at radius 2 is 2.00 bits per heavy atom. The summed E-state index contributed by atoms with van der Waals surface area (Å²) in [5.74, 6) is 1.42. The molecular formula is C15H25NO2. The lowest BCUT2D eigenvalue weighted by Gasteiger charge is -2.17. The minimum Gasteiger partial charge on any atom is -0.493 e. The van der Waals surface area contributed by atoms with E-state index in [4.69, 9.17) is 4.74 Å². The second kappa shape index (κ2) is 8.11. The molecule has 1 aromatic carbocycles. The van der Waals surface area contributed by atoms with E-state index in [0.29, 0.717) is 12.5 Å². The quantitative estimate of drug-likeness (QED) is 0.746. The van der Waals surface area contributed by atoms with E-state index in [-0.39, 0.29) is 12.6 Å². The van der Waals surface area contributed by atoms with E-state index in [1.54, 1.807) is 0 Å². The first-order valence-corrected chi connectivity index (χ1v) is 6.75. The van der Waals surface area contributed by atoms with Gasteiger partial charge in [0, 0.05) is 6.04 Å². The maximum Gasteiger partial charge on any atom is 0.122 e. The smallest absolute Gasteiger partial charge is 0.122 e. The molecule has 2 N–H and O–H groups in total. The highest BCUT2D eigenvalue weighted by Gasteiger charge is 2.09. The molecule has 0 saturated carbocycles. The van der Waals surface area contributed by atoms with Crippen LogP contribution >= 0.6 is 0 Å². The van der Waals surface area contributed by atoms with Gasteiger partial charge >= 0.3 is 0 Å². The van der Waals surface area contributed by atoms with Gasteiger partial charge in [-0.15, -0.1) is 0 Å². The van der Waals surface area contributed by atoms with Crippen LogP contribution in [0.4, 0.5) is 0 Å². The van der Waals surface area contributed by atoms with Gasteiger partial charge in [-0.25, -0.2) is 0 Å². The topological polar surface area (TPSA) is 41.5 Å². The standard InChI is InChI=1S/C15H25NO2/c1-4-16-13(11-17)9-10-18-15-8-6-5-7-14(15)12(2)3/h5-8,12-13,16-17H,4,9-11H2,1-3H3. The zero-order chi connectivity index (χ0) is 13.4. The number of hydrogen-bond donors (Lipinski definition) is 2. The van der Waals surface area contributed by atoms with Crippen LogP contribution in [0, 0.1) is 0 Å². The predicted molar refractivity (Wildman–Crippen MR) is 75.2 cm³/mol. The van der Waals surface area contributed by atoms with E-state index >= 15 is 0 Å². The molecule has 0 aliphatic carbocycles. The number of aliphatic hydroxyl groups excluding tert-OH is 1. The Hall–Kier alpha value is -1.06. The van der Waals surface area contributed by atoms with Gasteiger partial charge in [0.25, 0.3) is 0 Å². The van der Waals surface area contributed by atoms with Crippen LogP contribution in [0.2, 0.25) is 0 Å². The van der Waals surface area contributed by atoms with Crippen molar-refractivity contribution in [1.82, 2.24) is 5.32 Å². The number of nitrogens with one attached hydrogen (secondary N) is 1. The van der Waals surface area contributed by atoms with Gasteiger partial charge in [-0.1, -0.05) is 39.0 Å². The molecule has 1 aromatic rings. The molecular weight excluding hydrogens is 226 g/mol. The zero-order valence-corrected chi connectivity index (χ0v) is 11.6. The van der Waals surface area contributed by atoms with Crippen LogP contribution < -0.4 is 10.1 Å². The van der Waals surface area contributed by atoms with E-state index in [9.17, 15) is 5.11 Å². The van der Waals surface area contributed by atoms with Crippen LogP contribution in [0.5, 0.6) is 5.75 Å². The average molecular weight is 251 g/mol. The first kappa shape index (κ1) is 15.0. The minimum atomic E-state index is 0.126. The molecule has 0 heterocycles. The largest absolute Gasteiger partial charge is 0.493 e. The summed E-state index contributed by atoms with van der Waals surface area (Å²) in [4.78, 5) is 0. The molecule has 102 valence electrons. The third-order valence-electron chi connectivity index (χ3n) is 2.98. The van der Waals surface area contributed by atoms with Crippen LogP contribution in [0.3, 0.4) is 0 Å². The molecule has 18 heavy (non-hydrogen) atoms. The summed E-state index contributed by atoms with van der Waals surface area (Å²) in [7, 11) is 0. The Labute approximate surface area is 110 Å². The zero-order valence-electron chi connectivity index (χ0n) is 11.6. The van der Waals surface area contributed by atoms with Crippen LogP contribution in [0.25, 0.3) is 0 Å². The number of likely N-dealkylation sites (N-methyl/N-ethyl adjacent to an activating group) is 1. The van der Waals surface area contributed by atoms with Gasteiger partial charge in [0.2, 0.25) is 0 Å². The first-order valence-electron chi connectivity index (χ1n) is 6.75. The lowest BCUT2D eigenvalue weighted by Crippen LogP contribution is -2.33. The molecule has 3 nitrogen and oxygen atoms in total. The highest BCUT2D eigenvalue weighted by molar-refractivity contribution is 5.35. The summed E-state index contributed by atoms with van der Waals surface area (Å²) in [6.45, 7) is 8.02. The van der Waals surface area contributed by atoms with Crippen molar-refractivity contribution in [2.75, 3.05) is 19.8 Å². The van der Waals surface area contributed by atoms with Gasteiger partial charge in [0.05, 0.1) is 13.2 Å². The van der Waals surface area contributed by atoms with E-state index < -0.39 is 0 Å². The minimum absolute atomic E-state index is 0.126.